The number of nitrogens with two attached hydrogens (primary N) is 2. The predicted octanol–water partition coefficient (Wildman–Crippen LogP) is 6.58. The molecular formula is C33H38B2N2. The van der Waals surface area contributed by atoms with Gasteiger partial charge in [0.15, 0.2) is 0 Å². The van der Waals surface area contributed by atoms with Crippen LogP contribution in [0.3, 0.4) is 0 Å². The highest BCUT2D eigenvalue weighted by atomic mass is 14.7. The molecule has 2 radical (unpaired) electrons. The molecule has 0 heterocycles. The lowest BCUT2D eigenvalue weighted by molar-refractivity contribution is 0.740. The van der Waals surface area contributed by atoms with E-state index in [0.717, 1.165) is 41.3 Å². The van der Waals surface area contributed by atoms with Gasteiger partial charge in [-0.25, -0.2) is 0 Å². The van der Waals surface area contributed by atoms with Gasteiger partial charge in [-0.05, 0) is 49.9 Å². The highest BCUT2D eigenvalue weighted by Gasteiger charge is 2.32. The van der Waals surface area contributed by atoms with E-state index in [1.807, 2.05) is 0 Å². The molecule has 186 valence electrons. The molecule has 0 amide bonds. The minimum atomic E-state index is -0.648. The lowest BCUT2D eigenvalue weighted by Crippen LogP contribution is -2.45. The molecule has 0 fully saturated rings. The van der Waals surface area contributed by atoms with Crippen molar-refractivity contribution >= 4 is 14.6 Å². The quantitative estimate of drug-likeness (QED) is 0.198. The maximum Gasteiger partial charge on any atom is 0.149 e. The zero-order valence-electron chi connectivity index (χ0n) is 22.7. The third-order valence-electron chi connectivity index (χ3n) is 7.32. The van der Waals surface area contributed by atoms with Gasteiger partial charge in [0.05, 0.1) is 0 Å². The number of benzene rings is 4. The standard InChI is InChI=1S/C33H38B2N2/c1-24-10-5-14-28(20-24)32(36,29-15-6-11-25(2)21-29)34-18-9-19-35-33(37,30-16-7-12-26(3)22-30)31-17-8-13-27(4)23-31/h5-8,10-17,20-23H,9,18-19,36-37H2,1-4H3. The third kappa shape index (κ3) is 6.26. The molecule has 0 aliphatic rings. The van der Waals surface area contributed by atoms with Crippen LogP contribution in [0.1, 0.15) is 50.9 Å². The molecule has 0 aliphatic heterocycles. The van der Waals surface area contributed by atoms with E-state index in [0.29, 0.717) is 0 Å². The van der Waals surface area contributed by atoms with E-state index in [4.69, 9.17) is 11.5 Å². The Morgan fingerprint density at radius 1 is 0.486 bits per heavy atom. The molecule has 0 unspecified atom stereocenters. The number of rotatable bonds is 10. The van der Waals surface area contributed by atoms with E-state index in [-0.39, 0.29) is 0 Å². The van der Waals surface area contributed by atoms with Crippen LogP contribution in [0.2, 0.25) is 12.6 Å². The average Bonchev–Trinajstić information content (AvgIpc) is 2.88. The van der Waals surface area contributed by atoms with Crippen LogP contribution in [0.5, 0.6) is 0 Å². The summed E-state index contributed by atoms with van der Waals surface area (Å²) in [5, 5.41) is 0. The van der Waals surface area contributed by atoms with E-state index >= 15 is 0 Å². The van der Waals surface area contributed by atoms with Gasteiger partial charge in [0.2, 0.25) is 0 Å². The molecule has 4 N–H and O–H groups in total. The van der Waals surface area contributed by atoms with Crippen molar-refractivity contribution < 1.29 is 0 Å². The summed E-state index contributed by atoms with van der Waals surface area (Å²) in [6, 6.07) is 34.2. The van der Waals surface area contributed by atoms with Crippen LogP contribution >= 0.6 is 0 Å². The fraction of sp³-hybridized carbons (Fsp3) is 0.273. The molecule has 4 aromatic carbocycles. The molecule has 4 aromatic rings. The Bertz CT molecular complexity index is 1150. The van der Waals surface area contributed by atoms with E-state index in [1.165, 1.54) is 22.3 Å². The zero-order chi connectivity index (χ0) is 26.5. The lowest BCUT2D eigenvalue weighted by atomic mass is 9.47. The van der Waals surface area contributed by atoms with Crippen molar-refractivity contribution in [2.24, 2.45) is 11.5 Å². The summed E-state index contributed by atoms with van der Waals surface area (Å²) in [5.41, 5.74) is 22.4. The second-order valence-electron chi connectivity index (χ2n) is 10.6. The lowest BCUT2D eigenvalue weighted by Gasteiger charge is -2.32. The highest BCUT2D eigenvalue weighted by Crippen LogP contribution is 2.31. The van der Waals surface area contributed by atoms with E-state index in [2.05, 4.69) is 139 Å². The Morgan fingerprint density at radius 3 is 1.00 bits per heavy atom. The molecule has 0 saturated carbocycles. The summed E-state index contributed by atoms with van der Waals surface area (Å²) in [6.07, 6.45) is 2.73. The van der Waals surface area contributed by atoms with Gasteiger partial charge in [0, 0.05) is 10.9 Å². The van der Waals surface area contributed by atoms with Gasteiger partial charge < -0.3 is 11.5 Å². The Hall–Kier alpha value is -3.07. The normalized spacial score (nSPS) is 11.8. The maximum atomic E-state index is 7.17. The summed E-state index contributed by atoms with van der Waals surface area (Å²) >= 11 is 0. The molecule has 0 aliphatic carbocycles. The minimum absolute atomic E-state index is 0.648. The zero-order valence-corrected chi connectivity index (χ0v) is 22.7. The smallest absolute Gasteiger partial charge is 0.149 e. The maximum absolute atomic E-state index is 7.17. The summed E-state index contributed by atoms with van der Waals surface area (Å²) in [4.78, 5) is 0. The molecule has 4 heteroatoms. The molecular weight excluding hydrogens is 446 g/mol. The Balaban J connectivity index is 1.52. The summed E-state index contributed by atoms with van der Waals surface area (Å²) < 4.78 is 0. The second kappa shape index (κ2) is 11.5. The average molecular weight is 484 g/mol. The largest absolute Gasteiger partial charge is 0.325 e. The Labute approximate surface area is 225 Å². The first kappa shape index (κ1) is 27.0. The summed E-state index contributed by atoms with van der Waals surface area (Å²) in [6.45, 7) is 8.47. The van der Waals surface area contributed by atoms with Crippen LogP contribution in [0, 0.1) is 27.7 Å². The number of hydrogen-bond donors (Lipinski definition) is 2. The Kier molecular flexibility index (Phi) is 8.42. The molecule has 4 rings (SSSR count). The summed E-state index contributed by atoms with van der Waals surface area (Å²) in [5.74, 6) is 0. The van der Waals surface area contributed by atoms with Gasteiger partial charge in [-0.15, -0.1) is 0 Å². The van der Waals surface area contributed by atoms with Crippen LogP contribution in [0.15, 0.2) is 97.1 Å². The first-order valence-corrected chi connectivity index (χ1v) is 13.3. The number of aryl methyl sites for hydroxylation is 4. The van der Waals surface area contributed by atoms with Crippen molar-refractivity contribution in [1.29, 1.82) is 0 Å². The molecule has 0 spiro atoms. The van der Waals surface area contributed by atoms with Crippen LogP contribution in [0.4, 0.5) is 0 Å². The molecule has 0 atom stereocenters. The Morgan fingerprint density at radius 2 is 0.757 bits per heavy atom. The fourth-order valence-electron chi connectivity index (χ4n) is 5.19. The molecule has 0 aromatic heterocycles. The summed E-state index contributed by atoms with van der Waals surface area (Å²) in [7, 11) is 4.56. The molecule has 2 nitrogen and oxygen atoms in total. The highest BCUT2D eigenvalue weighted by molar-refractivity contribution is 6.43. The predicted molar refractivity (Wildman–Crippen MR) is 160 cm³/mol. The van der Waals surface area contributed by atoms with Gasteiger partial charge in [-0.2, -0.15) is 0 Å². The molecule has 37 heavy (non-hydrogen) atoms. The van der Waals surface area contributed by atoms with Crippen LogP contribution < -0.4 is 11.5 Å². The van der Waals surface area contributed by atoms with Gasteiger partial charge in [0.1, 0.15) is 14.6 Å². The van der Waals surface area contributed by atoms with Crippen molar-refractivity contribution in [3.05, 3.63) is 142 Å². The van der Waals surface area contributed by atoms with Gasteiger partial charge in [-0.3, -0.25) is 0 Å². The van der Waals surface area contributed by atoms with E-state index in [1.54, 1.807) is 0 Å². The molecule has 0 bridgehead atoms. The SMILES string of the molecule is Cc1cccc(C(N)([B]CCC[B]C(N)(c2cccc(C)c2)c2cccc(C)c2)c2cccc(C)c2)c1. The van der Waals surface area contributed by atoms with Crippen molar-refractivity contribution in [3.63, 3.8) is 0 Å². The van der Waals surface area contributed by atoms with E-state index < -0.39 is 10.9 Å². The van der Waals surface area contributed by atoms with Gasteiger partial charge in [0.25, 0.3) is 0 Å². The monoisotopic (exact) mass is 484 g/mol. The van der Waals surface area contributed by atoms with Crippen LogP contribution in [0.25, 0.3) is 0 Å². The van der Waals surface area contributed by atoms with Crippen molar-refractivity contribution in [1.82, 2.24) is 0 Å². The van der Waals surface area contributed by atoms with Gasteiger partial charge >= 0.3 is 0 Å². The molecule has 0 saturated heterocycles. The topological polar surface area (TPSA) is 52.0 Å². The second-order valence-corrected chi connectivity index (χ2v) is 10.6. The minimum Gasteiger partial charge on any atom is -0.325 e. The van der Waals surface area contributed by atoms with Crippen LogP contribution in [-0.4, -0.2) is 14.6 Å². The van der Waals surface area contributed by atoms with Crippen molar-refractivity contribution in [2.75, 3.05) is 0 Å². The van der Waals surface area contributed by atoms with Crippen molar-refractivity contribution in [3.8, 4) is 0 Å². The first-order valence-electron chi connectivity index (χ1n) is 13.3. The van der Waals surface area contributed by atoms with Crippen molar-refractivity contribution in [2.45, 2.75) is 57.6 Å². The first-order chi connectivity index (χ1) is 17.7. The van der Waals surface area contributed by atoms with Gasteiger partial charge in [-0.1, -0.05) is 138 Å². The number of hydrogen-bond acceptors (Lipinski definition) is 2. The fourth-order valence-corrected chi connectivity index (χ4v) is 5.19. The van der Waals surface area contributed by atoms with Crippen LogP contribution in [-0.2, 0) is 10.9 Å². The third-order valence-corrected chi connectivity index (χ3v) is 7.32. The van der Waals surface area contributed by atoms with E-state index in [9.17, 15) is 0 Å².